The zero-order valence-electron chi connectivity index (χ0n) is 16.9. The van der Waals surface area contributed by atoms with Crippen LogP contribution in [0.5, 0.6) is 0 Å². The summed E-state index contributed by atoms with van der Waals surface area (Å²) in [4.78, 5) is 34.4. The first-order valence-electron chi connectivity index (χ1n) is 10.2. The normalized spacial score (nSPS) is 21.7. The summed E-state index contributed by atoms with van der Waals surface area (Å²) < 4.78 is 35.5. The molecule has 2 fully saturated rings. The number of halogens is 4. The van der Waals surface area contributed by atoms with Gasteiger partial charge in [-0.25, -0.2) is 14.5 Å². The van der Waals surface area contributed by atoms with Gasteiger partial charge in [0.15, 0.2) is 6.04 Å². The summed E-state index contributed by atoms with van der Waals surface area (Å²) in [7, 11) is 0. The fourth-order valence-corrected chi connectivity index (χ4v) is 4.30. The number of β-lactam (4-membered cyclic amide) rings is 1. The van der Waals surface area contributed by atoms with Crippen molar-refractivity contribution in [1.82, 2.24) is 4.90 Å². The SMILES string of the molecule is FC(F)(F)CC1CCCCC1.NC(=O)N1C(=O)[C@H](CCc2cccc(Cl)c2)C1C(=O)O. The average Bonchev–Trinajstić information content (AvgIpc) is 2.65. The van der Waals surface area contributed by atoms with Crippen molar-refractivity contribution in [2.45, 2.75) is 63.6 Å². The van der Waals surface area contributed by atoms with Crippen LogP contribution in [0.25, 0.3) is 0 Å². The molecule has 3 rings (SSSR count). The maximum absolute atomic E-state index is 11.8. The number of primary amides is 1. The van der Waals surface area contributed by atoms with Gasteiger partial charge in [0.2, 0.25) is 5.91 Å². The van der Waals surface area contributed by atoms with Crippen molar-refractivity contribution < 1.29 is 32.7 Å². The lowest BCUT2D eigenvalue weighted by Gasteiger charge is -2.41. The number of amides is 3. The number of aryl methyl sites for hydroxylation is 1. The van der Waals surface area contributed by atoms with Crippen LogP contribution in [0.15, 0.2) is 24.3 Å². The lowest BCUT2D eigenvalue weighted by atomic mass is 9.83. The molecule has 31 heavy (non-hydrogen) atoms. The van der Waals surface area contributed by atoms with Crippen molar-refractivity contribution in [1.29, 1.82) is 0 Å². The minimum Gasteiger partial charge on any atom is -0.480 e. The Kier molecular flexibility index (Phi) is 8.73. The van der Waals surface area contributed by atoms with E-state index in [1.165, 1.54) is 0 Å². The zero-order chi connectivity index (χ0) is 23.2. The standard InChI is InChI=1S/C13H13ClN2O4.C8H13F3/c14-8-3-1-2-7(6-8)4-5-9-10(12(18)19)16(11(9)17)13(15)20;9-8(10,11)6-7-4-2-1-3-5-7/h1-3,6,9-10H,4-5H2,(H2,15,20)(H,18,19);7H,1-6H2/t9-,10?;/m1./s1. The molecule has 1 aliphatic carbocycles. The highest BCUT2D eigenvalue weighted by atomic mass is 35.5. The van der Waals surface area contributed by atoms with Gasteiger partial charge in [-0.1, -0.05) is 55.8 Å². The number of nitrogens with two attached hydrogens (primary N) is 1. The Labute approximate surface area is 183 Å². The molecule has 1 saturated heterocycles. The monoisotopic (exact) mass is 462 g/mol. The number of imide groups is 1. The van der Waals surface area contributed by atoms with Crippen molar-refractivity contribution in [3.63, 3.8) is 0 Å². The second kappa shape index (κ2) is 10.8. The molecule has 0 spiro atoms. The third-order valence-corrected chi connectivity index (χ3v) is 5.82. The molecule has 0 radical (unpaired) electrons. The van der Waals surface area contributed by atoms with Crippen molar-refractivity contribution in [3.05, 3.63) is 34.9 Å². The predicted octanol–water partition coefficient (Wildman–Crippen LogP) is 4.78. The van der Waals surface area contributed by atoms with Crippen molar-refractivity contribution in [2.24, 2.45) is 17.6 Å². The molecule has 1 aromatic carbocycles. The molecule has 1 unspecified atom stereocenters. The minimum absolute atomic E-state index is 0.0799. The Balaban J connectivity index is 0.000000262. The van der Waals surface area contributed by atoms with E-state index >= 15 is 0 Å². The number of nitrogens with zero attached hydrogens (tertiary/aromatic N) is 1. The predicted molar refractivity (Wildman–Crippen MR) is 108 cm³/mol. The number of benzene rings is 1. The number of aliphatic carboxylic acids is 1. The van der Waals surface area contributed by atoms with Crippen molar-refractivity contribution >= 4 is 29.5 Å². The second-order valence-corrected chi connectivity index (χ2v) is 8.36. The van der Waals surface area contributed by atoms with Crippen LogP contribution in [-0.4, -0.2) is 40.1 Å². The third-order valence-electron chi connectivity index (χ3n) is 5.58. The topological polar surface area (TPSA) is 101 Å². The molecule has 172 valence electrons. The molecule has 6 nitrogen and oxygen atoms in total. The highest BCUT2D eigenvalue weighted by Crippen LogP contribution is 2.34. The number of rotatable bonds is 5. The average molecular weight is 463 g/mol. The number of carbonyl (C=O) groups is 3. The Bertz CT molecular complexity index is 797. The van der Waals surface area contributed by atoms with Crippen LogP contribution in [0, 0.1) is 11.8 Å². The van der Waals surface area contributed by atoms with Gasteiger partial charge < -0.3 is 10.8 Å². The van der Waals surface area contributed by atoms with Gasteiger partial charge in [-0.2, -0.15) is 13.2 Å². The van der Waals surface area contributed by atoms with Crippen LogP contribution in [0.2, 0.25) is 5.02 Å². The fraction of sp³-hybridized carbons (Fsp3) is 0.571. The van der Waals surface area contributed by atoms with Gasteiger partial charge >= 0.3 is 18.2 Å². The van der Waals surface area contributed by atoms with Crippen LogP contribution >= 0.6 is 11.6 Å². The number of urea groups is 1. The third kappa shape index (κ3) is 7.41. The van der Waals surface area contributed by atoms with E-state index in [-0.39, 0.29) is 5.92 Å². The Morgan fingerprint density at radius 1 is 1.19 bits per heavy atom. The van der Waals surface area contributed by atoms with Gasteiger partial charge in [-0.3, -0.25) is 4.79 Å². The number of hydrogen-bond acceptors (Lipinski definition) is 3. The number of carboxylic acid groups (broad SMARTS) is 1. The Hall–Kier alpha value is -2.29. The molecule has 2 atom stereocenters. The molecule has 0 aromatic heterocycles. The summed E-state index contributed by atoms with van der Waals surface area (Å²) >= 11 is 5.85. The van der Waals surface area contributed by atoms with E-state index in [2.05, 4.69) is 0 Å². The van der Waals surface area contributed by atoms with E-state index in [9.17, 15) is 27.6 Å². The second-order valence-electron chi connectivity index (χ2n) is 7.93. The molecule has 2 aliphatic rings. The maximum atomic E-state index is 11.8. The molecule has 1 saturated carbocycles. The van der Waals surface area contributed by atoms with E-state index < -0.39 is 42.5 Å². The summed E-state index contributed by atoms with van der Waals surface area (Å²) in [5.74, 6) is -2.56. The van der Waals surface area contributed by atoms with E-state index in [4.69, 9.17) is 22.4 Å². The van der Waals surface area contributed by atoms with Gasteiger partial charge in [0.25, 0.3) is 0 Å². The number of alkyl halides is 3. The highest BCUT2D eigenvalue weighted by Gasteiger charge is 2.53. The van der Waals surface area contributed by atoms with Gasteiger partial charge in [0, 0.05) is 11.4 Å². The largest absolute Gasteiger partial charge is 0.480 e. The van der Waals surface area contributed by atoms with Gasteiger partial charge in [-0.15, -0.1) is 0 Å². The number of hydrogen-bond donors (Lipinski definition) is 2. The van der Waals surface area contributed by atoms with E-state index in [0.29, 0.717) is 22.8 Å². The molecule has 0 bridgehead atoms. The molecule has 10 heteroatoms. The van der Waals surface area contributed by atoms with Gasteiger partial charge in [-0.05, 0) is 36.5 Å². The number of carboxylic acids is 1. The molecule has 3 amide bonds. The molecule has 1 aromatic rings. The maximum Gasteiger partial charge on any atom is 0.389 e. The van der Waals surface area contributed by atoms with Crippen LogP contribution in [0.3, 0.4) is 0 Å². The Morgan fingerprint density at radius 3 is 2.35 bits per heavy atom. The van der Waals surface area contributed by atoms with Crippen LogP contribution < -0.4 is 5.73 Å². The lowest BCUT2D eigenvalue weighted by molar-refractivity contribution is -0.165. The fourth-order valence-electron chi connectivity index (χ4n) is 4.09. The summed E-state index contributed by atoms with van der Waals surface area (Å²) in [6, 6.07) is 4.92. The number of likely N-dealkylation sites (tertiary alicyclic amines) is 1. The lowest BCUT2D eigenvalue weighted by Crippen LogP contribution is -2.67. The molecular weight excluding hydrogens is 437 g/mol. The summed E-state index contributed by atoms with van der Waals surface area (Å²) in [6.45, 7) is 0. The molecule has 1 aliphatic heterocycles. The summed E-state index contributed by atoms with van der Waals surface area (Å²) in [6.07, 6.45) is 0.983. The van der Waals surface area contributed by atoms with Gasteiger partial charge in [0.05, 0.1) is 5.92 Å². The smallest absolute Gasteiger partial charge is 0.389 e. The quantitative estimate of drug-likeness (QED) is 0.615. The first-order chi connectivity index (χ1) is 14.5. The zero-order valence-corrected chi connectivity index (χ0v) is 17.7. The van der Waals surface area contributed by atoms with E-state index in [0.717, 1.165) is 37.7 Å². The summed E-state index contributed by atoms with van der Waals surface area (Å²) in [5, 5.41) is 9.64. The molecule has 3 N–H and O–H groups in total. The van der Waals surface area contributed by atoms with Crippen molar-refractivity contribution in [3.8, 4) is 0 Å². The van der Waals surface area contributed by atoms with Crippen LogP contribution in [-0.2, 0) is 16.0 Å². The van der Waals surface area contributed by atoms with Gasteiger partial charge in [0.1, 0.15) is 0 Å². The first kappa shape index (κ1) is 25.0. The highest BCUT2D eigenvalue weighted by molar-refractivity contribution is 6.30. The van der Waals surface area contributed by atoms with Crippen LogP contribution in [0.1, 0.15) is 50.5 Å². The van der Waals surface area contributed by atoms with E-state index in [1.54, 1.807) is 18.2 Å². The Morgan fingerprint density at radius 2 is 1.84 bits per heavy atom. The van der Waals surface area contributed by atoms with Crippen molar-refractivity contribution in [2.75, 3.05) is 0 Å². The molecule has 1 heterocycles. The number of carbonyl (C=O) groups excluding carboxylic acids is 2. The minimum atomic E-state index is -3.94. The first-order valence-corrected chi connectivity index (χ1v) is 10.5. The van der Waals surface area contributed by atoms with E-state index in [1.807, 2.05) is 6.07 Å². The van der Waals surface area contributed by atoms with Crippen LogP contribution in [0.4, 0.5) is 18.0 Å². The molecular formula is C21H26ClF3N2O4. The summed E-state index contributed by atoms with van der Waals surface area (Å²) in [5.41, 5.74) is 5.90.